The molecule has 0 saturated carbocycles. The third-order valence-corrected chi connectivity index (χ3v) is 4.31. The predicted octanol–water partition coefficient (Wildman–Crippen LogP) is 1.56. The molecule has 1 aromatic heterocycles. The Morgan fingerprint density at radius 2 is 1.83 bits per heavy atom. The van der Waals surface area contributed by atoms with Gasteiger partial charge in [-0.2, -0.15) is 0 Å². The topological polar surface area (TPSA) is 32.3 Å². The fraction of sp³-hybridized carbons (Fsp3) is 0.714. The first-order valence-electron chi connectivity index (χ1n) is 6.92. The van der Waals surface area contributed by atoms with Crippen molar-refractivity contribution in [2.45, 2.75) is 26.8 Å². The molecular formula is C14H22N4. The van der Waals surface area contributed by atoms with E-state index in [1.165, 1.54) is 13.1 Å². The van der Waals surface area contributed by atoms with E-state index in [-0.39, 0.29) is 0 Å². The number of likely N-dealkylation sites (tertiary alicyclic amines) is 1. The minimum Gasteiger partial charge on any atom is -0.340 e. The summed E-state index contributed by atoms with van der Waals surface area (Å²) in [7, 11) is 0. The summed E-state index contributed by atoms with van der Waals surface area (Å²) in [6.45, 7) is 11.3. The van der Waals surface area contributed by atoms with E-state index in [1.807, 2.05) is 19.2 Å². The third kappa shape index (κ3) is 2.09. The van der Waals surface area contributed by atoms with Crippen LogP contribution in [-0.2, 0) is 0 Å². The molecule has 2 aliphatic heterocycles. The summed E-state index contributed by atoms with van der Waals surface area (Å²) in [5.74, 6) is 2.52. The molecule has 18 heavy (non-hydrogen) atoms. The highest BCUT2D eigenvalue weighted by atomic mass is 15.3. The van der Waals surface area contributed by atoms with Gasteiger partial charge in [-0.1, -0.05) is 0 Å². The number of aromatic nitrogens is 2. The second kappa shape index (κ2) is 4.50. The van der Waals surface area contributed by atoms with Gasteiger partial charge in [0.1, 0.15) is 0 Å². The summed E-state index contributed by atoms with van der Waals surface area (Å²) >= 11 is 0. The van der Waals surface area contributed by atoms with Gasteiger partial charge in [-0.15, -0.1) is 0 Å². The number of hydrogen-bond donors (Lipinski definition) is 0. The monoisotopic (exact) mass is 246 g/mol. The third-order valence-electron chi connectivity index (χ3n) is 4.31. The van der Waals surface area contributed by atoms with Gasteiger partial charge in [0.25, 0.3) is 0 Å². The molecule has 2 atom stereocenters. The minimum atomic E-state index is 0.680. The Bertz CT molecular complexity index is 418. The average molecular weight is 246 g/mol. The van der Waals surface area contributed by atoms with Crippen LogP contribution in [0.15, 0.2) is 12.3 Å². The van der Waals surface area contributed by atoms with Gasteiger partial charge < -0.3 is 9.80 Å². The molecule has 98 valence electrons. The lowest BCUT2D eigenvalue weighted by Gasteiger charge is -2.24. The maximum atomic E-state index is 4.54. The van der Waals surface area contributed by atoms with Crippen LogP contribution in [0.1, 0.15) is 19.5 Å². The van der Waals surface area contributed by atoms with Crippen molar-refractivity contribution in [2.24, 2.45) is 11.8 Å². The van der Waals surface area contributed by atoms with Crippen LogP contribution in [0.4, 0.5) is 5.95 Å². The lowest BCUT2D eigenvalue weighted by atomic mass is 10.0. The van der Waals surface area contributed by atoms with Gasteiger partial charge in [-0.05, 0) is 38.7 Å². The van der Waals surface area contributed by atoms with Gasteiger partial charge in [0.2, 0.25) is 5.95 Å². The van der Waals surface area contributed by atoms with E-state index in [0.717, 1.165) is 36.6 Å². The zero-order valence-corrected chi connectivity index (χ0v) is 11.5. The summed E-state index contributed by atoms with van der Waals surface area (Å²) in [5, 5.41) is 0. The van der Waals surface area contributed by atoms with Gasteiger partial charge in [0.05, 0.1) is 0 Å². The van der Waals surface area contributed by atoms with Gasteiger partial charge in [0.15, 0.2) is 0 Å². The van der Waals surface area contributed by atoms with Gasteiger partial charge in [-0.25, -0.2) is 9.97 Å². The lowest BCUT2D eigenvalue weighted by molar-refractivity contribution is 0.258. The van der Waals surface area contributed by atoms with Crippen molar-refractivity contribution in [1.29, 1.82) is 0 Å². The Balaban J connectivity index is 1.68. The van der Waals surface area contributed by atoms with E-state index in [2.05, 4.69) is 33.6 Å². The first kappa shape index (κ1) is 11.9. The van der Waals surface area contributed by atoms with Crippen molar-refractivity contribution in [3.8, 4) is 0 Å². The van der Waals surface area contributed by atoms with Crippen molar-refractivity contribution in [3.05, 3.63) is 18.0 Å². The van der Waals surface area contributed by atoms with E-state index < -0.39 is 0 Å². The molecule has 0 bridgehead atoms. The number of anilines is 1. The summed E-state index contributed by atoms with van der Waals surface area (Å²) in [6, 6.07) is 2.64. The van der Waals surface area contributed by atoms with Crippen LogP contribution in [0.25, 0.3) is 0 Å². The predicted molar refractivity (Wildman–Crippen MR) is 72.7 cm³/mol. The van der Waals surface area contributed by atoms with Crippen molar-refractivity contribution < 1.29 is 0 Å². The van der Waals surface area contributed by atoms with Crippen LogP contribution in [0.2, 0.25) is 0 Å². The highest BCUT2D eigenvalue weighted by molar-refractivity contribution is 5.33. The molecule has 0 spiro atoms. The van der Waals surface area contributed by atoms with E-state index >= 15 is 0 Å². The normalized spacial score (nSPS) is 28.1. The lowest BCUT2D eigenvalue weighted by Crippen LogP contribution is -2.33. The second-order valence-corrected chi connectivity index (χ2v) is 5.97. The zero-order valence-electron chi connectivity index (χ0n) is 11.5. The van der Waals surface area contributed by atoms with E-state index in [4.69, 9.17) is 0 Å². The molecule has 4 nitrogen and oxygen atoms in total. The molecular weight excluding hydrogens is 224 g/mol. The summed E-state index contributed by atoms with van der Waals surface area (Å²) in [6.07, 6.45) is 1.87. The van der Waals surface area contributed by atoms with Crippen LogP contribution in [0.5, 0.6) is 0 Å². The van der Waals surface area contributed by atoms with Crippen molar-refractivity contribution in [2.75, 3.05) is 31.1 Å². The quantitative estimate of drug-likeness (QED) is 0.793. The van der Waals surface area contributed by atoms with E-state index in [0.29, 0.717) is 6.04 Å². The van der Waals surface area contributed by atoms with Gasteiger partial charge >= 0.3 is 0 Å². The fourth-order valence-electron chi connectivity index (χ4n) is 3.20. The van der Waals surface area contributed by atoms with Crippen LogP contribution >= 0.6 is 0 Å². The Labute approximate surface area is 109 Å². The molecule has 0 N–H and O–H groups in total. The molecule has 2 aliphatic rings. The molecule has 0 amide bonds. The molecule has 3 rings (SSSR count). The van der Waals surface area contributed by atoms with Crippen molar-refractivity contribution in [1.82, 2.24) is 14.9 Å². The Morgan fingerprint density at radius 3 is 2.39 bits per heavy atom. The van der Waals surface area contributed by atoms with E-state index in [1.54, 1.807) is 0 Å². The summed E-state index contributed by atoms with van der Waals surface area (Å²) in [4.78, 5) is 13.9. The van der Waals surface area contributed by atoms with Crippen molar-refractivity contribution >= 4 is 5.95 Å². The fourth-order valence-corrected chi connectivity index (χ4v) is 3.20. The minimum absolute atomic E-state index is 0.680. The highest BCUT2D eigenvalue weighted by Crippen LogP contribution is 2.33. The molecule has 0 radical (unpaired) electrons. The molecule has 0 aliphatic carbocycles. The number of hydrogen-bond acceptors (Lipinski definition) is 4. The van der Waals surface area contributed by atoms with Gasteiger partial charge in [0, 0.05) is 44.1 Å². The van der Waals surface area contributed by atoms with Gasteiger partial charge in [-0.3, -0.25) is 0 Å². The Morgan fingerprint density at radius 1 is 1.17 bits per heavy atom. The van der Waals surface area contributed by atoms with Crippen molar-refractivity contribution in [3.63, 3.8) is 0 Å². The maximum absolute atomic E-state index is 4.54. The van der Waals surface area contributed by atoms with Crippen LogP contribution < -0.4 is 4.90 Å². The van der Waals surface area contributed by atoms with Crippen LogP contribution in [-0.4, -0.2) is 47.1 Å². The molecule has 3 heterocycles. The van der Waals surface area contributed by atoms with Crippen LogP contribution in [0, 0.1) is 18.8 Å². The first-order chi connectivity index (χ1) is 8.63. The average Bonchev–Trinajstić information content (AvgIpc) is 2.86. The first-order valence-corrected chi connectivity index (χ1v) is 6.92. The number of nitrogens with zero attached hydrogens (tertiary/aromatic N) is 4. The molecule has 0 aromatic carbocycles. The maximum Gasteiger partial charge on any atom is 0.225 e. The summed E-state index contributed by atoms with van der Waals surface area (Å²) in [5.41, 5.74) is 1.06. The molecule has 2 saturated heterocycles. The number of aryl methyl sites for hydroxylation is 1. The molecule has 1 aromatic rings. The standard InChI is InChI=1S/C14H22N4/c1-10(2)17-6-12-8-18(9-13(12)7-17)14-15-5-4-11(3)16-14/h4-5,10,12-13H,6-9H2,1-3H3/t12-,13+. The largest absolute Gasteiger partial charge is 0.340 e. The van der Waals surface area contributed by atoms with E-state index in [9.17, 15) is 0 Å². The SMILES string of the molecule is Cc1ccnc(N2C[C@@H]3CN(C(C)C)C[C@@H]3C2)n1. The molecule has 4 heteroatoms. The number of rotatable bonds is 2. The van der Waals surface area contributed by atoms with Crippen LogP contribution in [0.3, 0.4) is 0 Å². The zero-order chi connectivity index (χ0) is 12.7. The highest BCUT2D eigenvalue weighted by Gasteiger charge is 2.41. The Kier molecular flexibility index (Phi) is 2.98. The summed E-state index contributed by atoms with van der Waals surface area (Å²) < 4.78 is 0. The second-order valence-electron chi connectivity index (χ2n) is 5.97. The molecule has 0 unspecified atom stereocenters. The smallest absolute Gasteiger partial charge is 0.225 e. The number of fused-ring (bicyclic) bond motifs is 1. The molecule has 2 fully saturated rings. The Hall–Kier alpha value is -1.16.